The molecule has 4 nitrogen and oxygen atoms in total. The lowest BCUT2D eigenvalue weighted by molar-refractivity contribution is 0.0710. The highest BCUT2D eigenvalue weighted by Gasteiger charge is 2.71. The second-order valence-corrected chi connectivity index (χ2v) is 25.5. The van der Waals surface area contributed by atoms with Crippen LogP contribution in [0.4, 0.5) is 4.11 Å². The molecule has 0 unspecified atom stereocenters. The van der Waals surface area contributed by atoms with Crippen LogP contribution < -0.4 is 0 Å². The summed E-state index contributed by atoms with van der Waals surface area (Å²) >= 11 is 0. The third-order valence-corrected chi connectivity index (χ3v) is 31.4. The summed E-state index contributed by atoms with van der Waals surface area (Å²) in [7, 11) is -9.48. The minimum atomic E-state index is -2.87. The Labute approximate surface area is 149 Å². The minimum Gasteiger partial charge on any atom is -0.503 e. The SMILES string of the molecule is C[Si](C)(F)N1[Si](C)(C)N([Si](C)(C)OC(=O)c2ccccc2)[Si]1(C)C. The van der Waals surface area contributed by atoms with Crippen LogP contribution in [0, 0.1) is 0 Å². The molecule has 0 aliphatic carbocycles. The summed E-state index contributed by atoms with van der Waals surface area (Å²) in [5.74, 6) is -0.267. The first-order valence-corrected chi connectivity index (χ1v) is 19.8. The zero-order chi connectivity index (χ0) is 18.6. The topological polar surface area (TPSA) is 32.8 Å². The van der Waals surface area contributed by atoms with Crippen molar-refractivity contribution < 1.29 is 13.3 Å². The van der Waals surface area contributed by atoms with E-state index >= 15 is 0 Å². The van der Waals surface area contributed by atoms with Crippen molar-refractivity contribution in [3.05, 3.63) is 35.9 Å². The Bertz CT molecular complexity index is 616. The first-order valence-electron chi connectivity index (χ1n) is 8.30. The lowest BCUT2D eigenvalue weighted by Crippen LogP contribution is -2.97. The van der Waals surface area contributed by atoms with Gasteiger partial charge in [0.2, 0.25) is 0 Å². The van der Waals surface area contributed by atoms with Crippen LogP contribution in [0.5, 0.6) is 0 Å². The smallest absolute Gasteiger partial charge is 0.325 e. The number of nitrogens with zero attached hydrogens (tertiary/aromatic N) is 2. The normalized spacial score (nSPS) is 21.2. The maximum atomic E-state index is 14.9. The van der Waals surface area contributed by atoms with Crippen molar-refractivity contribution >= 4 is 39.8 Å². The van der Waals surface area contributed by atoms with Gasteiger partial charge in [0, 0.05) is 0 Å². The van der Waals surface area contributed by atoms with Crippen LogP contribution in [0.2, 0.25) is 52.4 Å². The Morgan fingerprint density at radius 3 is 1.83 bits per heavy atom. The zero-order valence-electron chi connectivity index (χ0n) is 16.0. The molecule has 0 amide bonds. The zero-order valence-corrected chi connectivity index (χ0v) is 20.0. The summed E-state index contributed by atoms with van der Waals surface area (Å²) < 4.78 is 25.7. The number of hydrogen-bond acceptors (Lipinski definition) is 4. The second kappa shape index (κ2) is 5.99. The van der Waals surface area contributed by atoms with E-state index < -0.39 is 33.8 Å². The highest BCUT2D eigenvalue weighted by Crippen LogP contribution is 2.46. The number of halogens is 1. The van der Waals surface area contributed by atoms with E-state index in [-0.39, 0.29) is 5.97 Å². The van der Waals surface area contributed by atoms with Crippen molar-refractivity contribution in [1.29, 1.82) is 0 Å². The second-order valence-electron chi connectivity index (χ2n) is 8.27. The summed E-state index contributed by atoms with van der Waals surface area (Å²) in [5.41, 5.74) is 0.578. The average Bonchev–Trinajstić information content (AvgIpc) is 2.34. The van der Waals surface area contributed by atoms with Gasteiger partial charge < -0.3 is 12.2 Å². The van der Waals surface area contributed by atoms with Crippen LogP contribution in [0.1, 0.15) is 10.4 Å². The quantitative estimate of drug-likeness (QED) is 0.559. The van der Waals surface area contributed by atoms with Crippen molar-refractivity contribution in [1.82, 2.24) is 7.79 Å². The highest BCUT2D eigenvalue weighted by molar-refractivity contribution is 7.18. The maximum Gasteiger partial charge on any atom is 0.325 e. The Balaban J connectivity index is 2.28. The van der Waals surface area contributed by atoms with Gasteiger partial charge in [0.25, 0.3) is 0 Å². The molecule has 1 fully saturated rings. The Morgan fingerprint density at radius 1 is 0.958 bits per heavy atom. The molecule has 0 bridgehead atoms. The summed E-state index contributed by atoms with van der Waals surface area (Å²) in [5, 5.41) is 0. The highest BCUT2D eigenvalue weighted by atomic mass is 28.6. The third kappa shape index (κ3) is 3.25. The molecule has 1 aromatic carbocycles. The van der Waals surface area contributed by atoms with Gasteiger partial charge in [0.05, 0.1) is 5.56 Å². The van der Waals surface area contributed by atoms with E-state index in [9.17, 15) is 8.90 Å². The first-order chi connectivity index (χ1) is 10.7. The molecule has 1 heterocycles. The van der Waals surface area contributed by atoms with Crippen molar-refractivity contribution in [2.75, 3.05) is 0 Å². The number of benzene rings is 1. The number of carbonyl (C=O) groups is 1. The van der Waals surface area contributed by atoms with Gasteiger partial charge in [-0.05, 0) is 64.5 Å². The van der Waals surface area contributed by atoms with E-state index in [0.29, 0.717) is 5.56 Å². The third-order valence-electron chi connectivity index (χ3n) is 4.61. The van der Waals surface area contributed by atoms with Gasteiger partial charge in [-0.3, -0.25) is 4.11 Å². The molecule has 0 spiro atoms. The first kappa shape index (κ1) is 19.7. The molecule has 24 heavy (non-hydrogen) atoms. The molecule has 0 aromatic heterocycles. The number of rotatable bonds is 4. The summed E-state index contributed by atoms with van der Waals surface area (Å²) in [6.07, 6.45) is 0. The fourth-order valence-corrected chi connectivity index (χ4v) is 41.6. The van der Waals surface area contributed by atoms with Gasteiger partial charge >= 0.3 is 23.0 Å². The molecule has 1 aromatic rings. The van der Waals surface area contributed by atoms with Crippen LogP contribution in [-0.4, -0.2) is 47.6 Å². The fourth-order valence-electron chi connectivity index (χ4n) is 5.02. The molecular weight excluding hydrogens is 372 g/mol. The Hall–Kier alpha value is -0.592. The molecule has 0 saturated carbocycles. The monoisotopic (exact) mass is 400 g/mol. The largest absolute Gasteiger partial charge is 0.503 e. The lowest BCUT2D eigenvalue weighted by Gasteiger charge is -2.72. The van der Waals surface area contributed by atoms with E-state index in [0.717, 1.165) is 0 Å². The van der Waals surface area contributed by atoms with Crippen LogP contribution >= 0.6 is 0 Å². The van der Waals surface area contributed by atoms with Crippen molar-refractivity contribution in [2.24, 2.45) is 0 Å². The molecule has 0 radical (unpaired) electrons. The van der Waals surface area contributed by atoms with E-state index in [1.54, 1.807) is 25.2 Å². The molecule has 134 valence electrons. The number of carbonyl (C=O) groups excluding carboxylic acids is 1. The van der Waals surface area contributed by atoms with Crippen LogP contribution in [0.15, 0.2) is 30.3 Å². The Morgan fingerprint density at radius 2 is 1.42 bits per heavy atom. The van der Waals surface area contributed by atoms with Crippen LogP contribution in [0.3, 0.4) is 0 Å². The Kier molecular flexibility index (Phi) is 4.92. The maximum absolute atomic E-state index is 14.9. The molecule has 1 saturated heterocycles. The molecule has 0 atom stereocenters. The van der Waals surface area contributed by atoms with Crippen molar-refractivity contribution in [3.63, 3.8) is 0 Å². The lowest BCUT2D eigenvalue weighted by atomic mass is 10.2. The van der Waals surface area contributed by atoms with E-state index in [1.807, 2.05) is 18.2 Å². The molecule has 9 heteroatoms. The van der Waals surface area contributed by atoms with E-state index in [4.69, 9.17) is 4.43 Å². The summed E-state index contributed by atoms with van der Waals surface area (Å²) in [6.45, 7) is 16.4. The number of hydrogen-bond donors (Lipinski definition) is 0. The standard InChI is InChI=1S/C15H29FN2O2Si4/c1-21(2,16)17-22(3,4)18(23(17,5)6)24(7,8)20-15(19)14-12-10-9-11-13-14/h9-13H,1-8H3. The molecule has 2 rings (SSSR count). The molecule has 1 aliphatic rings. The van der Waals surface area contributed by atoms with Gasteiger partial charge in [-0.2, -0.15) is 0 Å². The molecule has 0 N–H and O–H groups in total. The van der Waals surface area contributed by atoms with Crippen molar-refractivity contribution in [3.8, 4) is 0 Å². The van der Waals surface area contributed by atoms with Crippen LogP contribution in [-0.2, 0) is 4.43 Å². The van der Waals surface area contributed by atoms with Crippen molar-refractivity contribution in [2.45, 2.75) is 52.4 Å². The van der Waals surface area contributed by atoms with Gasteiger partial charge in [-0.15, -0.1) is 0 Å². The van der Waals surface area contributed by atoms with Gasteiger partial charge in [-0.1, -0.05) is 18.2 Å². The molecule has 1 aliphatic heterocycles. The van der Waals surface area contributed by atoms with Gasteiger partial charge in [-0.25, -0.2) is 4.79 Å². The van der Waals surface area contributed by atoms with Gasteiger partial charge in [0.1, 0.15) is 0 Å². The summed E-state index contributed by atoms with van der Waals surface area (Å²) in [6, 6.07) is 9.11. The predicted molar refractivity (Wildman–Crippen MR) is 107 cm³/mol. The van der Waals surface area contributed by atoms with Gasteiger partial charge in [0.15, 0.2) is 16.8 Å². The molecular formula is C15H29FN2O2Si4. The fraction of sp³-hybridized carbons (Fsp3) is 0.533. The van der Waals surface area contributed by atoms with E-state index in [1.165, 1.54) is 0 Å². The minimum absolute atomic E-state index is 0.267. The summed E-state index contributed by atoms with van der Waals surface area (Å²) in [4.78, 5) is 12.5. The average molecular weight is 401 g/mol. The van der Waals surface area contributed by atoms with E-state index in [2.05, 4.69) is 47.1 Å². The predicted octanol–water partition coefficient (Wildman–Crippen LogP) is 4.24. The van der Waals surface area contributed by atoms with Crippen LogP contribution in [0.25, 0.3) is 0 Å².